The second kappa shape index (κ2) is 4.44. The minimum absolute atomic E-state index is 0.143. The van der Waals surface area contributed by atoms with E-state index < -0.39 is 0 Å². The molecule has 20 heavy (non-hydrogen) atoms. The Morgan fingerprint density at radius 3 is 2.90 bits per heavy atom. The van der Waals surface area contributed by atoms with Gasteiger partial charge >= 0.3 is 0 Å². The van der Waals surface area contributed by atoms with Gasteiger partial charge in [0.1, 0.15) is 0 Å². The number of carbonyl (C=O) groups excluding carboxylic acids is 2. The number of fused-ring (bicyclic) bond motifs is 3. The molecule has 2 fully saturated rings. The molecule has 1 amide bonds. The van der Waals surface area contributed by atoms with Crippen molar-refractivity contribution in [2.45, 2.75) is 31.6 Å². The van der Waals surface area contributed by atoms with E-state index in [1.807, 2.05) is 0 Å². The molecule has 3 unspecified atom stereocenters. The largest absolute Gasteiger partial charge is 0.335 e. The molecule has 3 atom stereocenters. The third kappa shape index (κ3) is 1.80. The summed E-state index contributed by atoms with van der Waals surface area (Å²) >= 11 is 0. The standard InChI is InChI=1S/C17H19NO2/c19-12-5-3-9-18(10-12)17(20)16-14-8-7-11-4-1-2-6-13(11)15(14)16/h1-2,4,6,14-16H,3,5,7-10H2. The molecule has 1 heterocycles. The van der Waals surface area contributed by atoms with Crippen LogP contribution in [0.2, 0.25) is 0 Å². The Balaban J connectivity index is 1.55. The molecule has 104 valence electrons. The number of likely N-dealkylation sites (tertiary alicyclic amines) is 1. The summed E-state index contributed by atoms with van der Waals surface area (Å²) in [6.07, 6.45) is 3.70. The van der Waals surface area contributed by atoms with Crippen molar-refractivity contribution in [3.05, 3.63) is 35.4 Å². The fourth-order valence-electron chi connectivity index (χ4n) is 4.14. The van der Waals surface area contributed by atoms with Crippen LogP contribution in [0.25, 0.3) is 0 Å². The van der Waals surface area contributed by atoms with E-state index in [0.717, 1.165) is 25.8 Å². The quantitative estimate of drug-likeness (QED) is 0.783. The zero-order valence-electron chi connectivity index (χ0n) is 11.5. The summed E-state index contributed by atoms with van der Waals surface area (Å²) in [5.74, 6) is 1.53. The van der Waals surface area contributed by atoms with E-state index in [9.17, 15) is 9.59 Å². The predicted octanol–water partition coefficient (Wildman–Crippen LogP) is 2.15. The van der Waals surface area contributed by atoms with Crippen molar-refractivity contribution in [2.75, 3.05) is 13.1 Å². The molecule has 0 N–H and O–H groups in total. The van der Waals surface area contributed by atoms with Crippen LogP contribution in [-0.2, 0) is 16.0 Å². The molecule has 1 aromatic carbocycles. The lowest BCUT2D eigenvalue weighted by atomic mass is 9.92. The van der Waals surface area contributed by atoms with Gasteiger partial charge in [-0.25, -0.2) is 0 Å². The molecule has 1 saturated carbocycles. The average molecular weight is 269 g/mol. The first-order valence-electron chi connectivity index (χ1n) is 7.64. The molecule has 0 radical (unpaired) electrons. The van der Waals surface area contributed by atoms with E-state index in [4.69, 9.17) is 0 Å². The van der Waals surface area contributed by atoms with Crippen LogP contribution < -0.4 is 0 Å². The molecule has 1 saturated heterocycles. The molecule has 4 rings (SSSR count). The number of nitrogens with zero attached hydrogens (tertiary/aromatic N) is 1. The third-order valence-electron chi connectivity index (χ3n) is 5.18. The molecular formula is C17H19NO2. The topological polar surface area (TPSA) is 37.4 Å². The Hall–Kier alpha value is -1.64. The molecule has 3 aliphatic rings. The maximum Gasteiger partial charge on any atom is 0.227 e. The number of Topliss-reactive ketones (excluding diaryl/α,β-unsaturated/α-hetero) is 1. The summed E-state index contributed by atoms with van der Waals surface area (Å²) < 4.78 is 0. The number of hydrogen-bond acceptors (Lipinski definition) is 2. The lowest BCUT2D eigenvalue weighted by Gasteiger charge is -2.26. The minimum atomic E-state index is 0.143. The van der Waals surface area contributed by atoms with Crippen LogP contribution in [0, 0.1) is 11.8 Å². The van der Waals surface area contributed by atoms with Crippen LogP contribution in [0.4, 0.5) is 0 Å². The lowest BCUT2D eigenvalue weighted by Crippen LogP contribution is -2.41. The van der Waals surface area contributed by atoms with E-state index in [2.05, 4.69) is 24.3 Å². The van der Waals surface area contributed by atoms with Crippen LogP contribution in [0.15, 0.2) is 24.3 Å². The predicted molar refractivity (Wildman–Crippen MR) is 75.3 cm³/mol. The van der Waals surface area contributed by atoms with E-state index in [-0.39, 0.29) is 17.6 Å². The van der Waals surface area contributed by atoms with Crippen molar-refractivity contribution < 1.29 is 9.59 Å². The van der Waals surface area contributed by atoms with Gasteiger partial charge in [0.05, 0.1) is 6.54 Å². The van der Waals surface area contributed by atoms with Gasteiger partial charge in [-0.15, -0.1) is 0 Å². The van der Waals surface area contributed by atoms with E-state index >= 15 is 0 Å². The Kier molecular flexibility index (Phi) is 2.69. The molecular weight excluding hydrogens is 250 g/mol. The highest BCUT2D eigenvalue weighted by Gasteiger charge is 2.58. The van der Waals surface area contributed by atoms with Gasteiger partial charge in [-0.1, -0.05) is 24.3 Å². The zero-order valence-corrected chi connectivity index (χ0v) is 11.5. The Bertz CT molecular complexity index is 580. The fraction of sp³-hybridized carbons (Fsp3) is 0.529. The monoisotopic (exact) mass is 269 g/mol. The average Bonchev–Trinajstić information content (AvgIpc) is 3.21. The molecule has 0 aromatic heterocycles. The summed E-state index contributed by atoms with van der Waals surface area (Å²) in [5, 5.41) is 0. The second-order valence-corrected chi connectivity index (χ2v) is 6.35. The van der Waals surface area contributed by atoms with Gasteiger partial charge in [0, 0.05) is 18.9 Å². The second-order valence-electron chi connectivity index (χ2n) is 6.35. The van der Waals surface area contributed by atoms with Crippen molar-refractivity contribution in [1.82, 2.24) is 4.90 Å². The SMILES string of the molecule is O=C1CCCN(C(=O)C2C3CCc4ccccc4C32)C1. The number of benzene rings is 1. The first-order chi connectivity index (χ1) is 9.75. The van der Waals surface area contributed by atoms with Crippen molar-refractivity contribution in [3.8, 4) is 0 Å². The molecule has 1 aromatic rings. The van der Waals surface area contributed by atoms with Gasteiger partial charge in [0.25, 0.3) is 0 Å². The van der Waals surface area contributed by atoms with Crippen LogP contribution in [0.5, 0.6) is 0 Å². The summed E-state index contributed by atoms with van der Waals surface area (Å²) in [6, 6.07) is 8.53. The number of amides is 1. The normalized spacial score (nSPS) is 31.5. The van der Waals surface area contributed by atoms with Gasteiger partial charge in [0.15, 0.2) is 5.78 Å². The molecule has 3 heteroatoms. The van der Waals surface area contributed by atoms with Gasteiger partial charge in [0.2, 0.25) is 5.91 Å². The number of piperidine rings is 1. The van der Waals surface area contributed by atoms with Crippen LogP contribution in [0.1, 0.15) is 36.3 Å². The van der Waals surface area contributed by atoms with Gasteiger partial charge in [-0.3, -0.25) is 9.59 Å². The van der Waals surface area contributed by atoms with E-state index in [0.29, 0.717) is 24.8 Å². The molecule has 0 spiro atoms. The highest BCUT2D eigenvalue weighted by molar-refractivity contribution is 5.90. The number of hydrogen-bond donors (Lipinski definition) is 0. The van der Waals surface area contributed by atoms with Crippen LogP contribution >= 0.6 is 0 Å². The van der Waals surface area contributed by atoms with Crippen molar-refractivity contribution in [1.29, 1.82) is 0 Å². The maximum atomic E-state index is 12.7. The molecule has 0 bridgehead atoms. The Morgan fingerprint density at radius 1 is 1.20 bits per heavy atom. The number of carbonyl (C=O) groups is 2. The summed E-state index contributed by atoms with van der Waals surface area (Å²) in [4.78, 5) is 26.0. The number of aryl methyl sites for hydroxylation is 1. The zero-order chi connectivity index (χ0) is 13.7. The van der Waals surface area contributed by atoms with Crippen molar-refractivity contribution in [2.24, 2.45) is 11.8 Å². The summed E-state index contributed by atoms with van der Waals surface area (Å²) in [6.45, 7) is 1.11. The van der Waals surface area contributed by atoms with E-state index in [1.54, 1.807) is 4.90 Å². The van der Waals surface area contributed by atoms with Crippen molar-refractivity contribution >= 4 is 11.7 Å². The van der Waals surface area contributed by atoms with Gasteiger partial charge in [-0.05, 0) is 42.2 Å². The maximum absolute atomic E-state index is 12.7. The van der Waals surface area contributed by atoms with E-state index in [1.165, 1.54) is 11.1 Å². The summed E-state index contributed by atoms with van der Waals surface area (Å²) in [5.41, 5.74) is 2.80. The highest BCUT2D eigenvalue weighted by atomic mass is 16.2. The highest BCUT2D eigenvalue weighted by Crippen LogP contribution is 2.60. The number of rotatable bonds is 1. The first kappa shape index (κ1) is 12.1. The molecule has 1 aliphatic heterocycles. The van der Waals surface area contributed by atoms with Crippen LogP contribution in [0.3, 0.4) is 0 Å². The molecule has 2 aliphatic carbocycles. The summed E-state index contributed by atoms with van der Waals surface area (Å²) in [7, 11) is 0. The van der Waals surface area contributed by atoms with Gasteiger partial charge < -0.3 is 4.90 Å². The third-order valence-corrected chi connectivity index (χ3v) is 5.18. The Morgan fingerprint density at radius 2 is 2.05 bits per heavy atom. The lowest BCUT2D eigenvalue weighted by molar-refractivity contribution is -0.138. The van der Waals surface area contributed by atoms with Crippen molar-refractivity contribution in [3.63, 3.8) is 0 Å². The molecule has 3 nitrogen and oxygen atoms in total. The van der Waals surface area contributed by atoms with Gasteiger partial charge in [-0.2, -0.15) is 0 Å². The fourth-order valence-corrected chi connectivity index (χ4v) is 4.14. The number of ketones is 1. The Labute approximate surface area is 119 Å². The van der Waals surface area contributed by atoms with Crippen LogP contribution in [-0.4, -0.2) is 29.7 Å². The first-order valence-corrected chi connectivity index (χ1v) is 7.64. The minimum Gasteiger partial charge on any atom is -0.335 e. The smallest absolute Gasteiger partial charge is 0.227 e.